The summed E-state index contributed by atoms with van der Waals surface area (Å²) < 4.78 is 9.57. The second-order valence-corrected chi connectivity index (χ2v) is 14.0. The predicted octanol–water partition coefficient (Wildman–Crippen LogP) is 5.93. The Morgan fingerprint density at radius 3 is 1.83 bits per heavy atom. The van der Waals surface area contributed by atoms with E-state index in [9.17, 15) is 24.0 Å². The van der Waals surface area contributed by atoms with E-state index in [0.29, 0.717) is 55.0 Å². The van der Waals surface area contributed by atoms with E-state index in [1.165, 1.54) is 19.1 Å². The molecule has 58 heavy (non-hydrogen) atoms. The monoisotopic (exact) mass is 784 g/mol. The van der Waals surface area contributed by atoms with E-state index in [1.807, 2.05) is 48.5 Å². The maximum Gasteiger partial charge on any atom is 0.407 e. The summed E-state index contributed by atoms with van der Waals surface area (Å²) in [6, 6.07) is 26.1. The molecule has 7 rings (SSSR count). The Labute approximate surface area is 335 Å². The van der Waals surface area contributed by atoms with Crippen molar-refractivity contribution >= 4 is 35.6 Å². The number of benzene rings is 3. The number of alkyl carbamates (subject to hydrolysis) is 2. The molecule has 0 radical (unpaired) electrons. The molecule has 2 aliphatic rings. The van der Waals surface area contributed by atoms with Gasteiger partial charge in [-0.25, -0.2) is 14.6 Å². The maximum atomic E-state index is 13.9. The molecule has 0 saturated carbocycles. The van der Waals surface area contributed by atoms with Crippen LogP contribution in [0.25, 0.3) is 22.5 Å². The Kier molecular flexibility index (Phi) is 12.1. The molecule has 15 heteroatoms. The number of hydrogen-bond donors (Lipinski definition) is 4. The Morgan fingerprint density at radius 1 is 0.672 bits per heavy atom. The molecular weight excluding hydrogens is 741 g/mol. The van der Waals surface area contributed by atoms with E-state index < -0.39 is 30.3 Å². The summed E-state index contributed by atoms with van der Waals surface area (Å²) in [6.45, 7) is 0.905. The molecule has 2 saturated heterocycles. The Hall–Kier alpha value is -7.03. The van der Waals surface area contributed by atoms with Gasteiger partial charge in [-0.15, -0.1) is 0 Å². The van der Waals surface area contributed by atoms with Gasteiger partial charge in [0.1, 0.15) is 23.9 Å². The normalized spacial score (nSPS) is 17.2. The number of likely N-dealkylation sites (tertiary alicyclic amines) is 2. The molecule has 2 aromatic heterocycles. The van der Waals surface area contributed by atoms with Crippen LogP contribution < -0.4 is 16.0 Å². The summed E-state index contributed by atoms with van der Waals surface area (Å²) >= 11 is 0. The number of rotatable bonds is 11. The summed E-state index contributed by atoms with van der Waals surface area (Å²) in [5.41, 5.74) is 4.92. The molecule has 298 valence electrons. The number of pyridine rings is 1. The SMILES string of the molecule is COC(=O)N[C@@H](C(=O)N1CCC[C@H]1C(=O)Nc1ccc(-c2ccc(-c3cnc([C@@H]4CCCN4C(=O)[C@H](NC(=O)OC)c4ccccc4)[nH]3)cn2)cc1)c1ccccc1. The molecule has 4 atom stereocenters. The lowest BCUT2D eigenvalue weighted by Crippen LogP contribution is -2.48. The molecule has 2 aliphatic heterocycles. The van der Waals surface area contributed by atoms with Crippen LogP contribution >= 0.6 is 0 Å². The molecule has 3 aromatic carbocycles. The lowest BCUT2D eigenvalue weighted by Gasteiger charge is -2.28. The number of hydrogen-bond acceptors (Lipinski definition) is 9. The summed E-state index contributed by atoms with van der Waals surface area (Å²) in [5, 5.41) is 8.25. The zero-order chi connectivity index (χ0) is 40.6. The number of nitrogens with zero attached hydrogens (tertiary/aromatic N) is 4. The molecule has 15 nitrogen and oxygen atoms in total. The fourth-order valence-electron chi connectivity index (χ4n) is 7.50. The zero-order valence-electron chi connectivity index (χ0n) is 32.1. The minimum absolute atomic E-state index is 0.244. The number of methoxy groups -OCH3 is 2. The van der Waals surface area contributed by atoms with Crippen LogP contribution in [0.2, 0.25) is 0 Å². The highest BCUT2D eigenvalue weighted by Crippen LogP contribution is 2.34. The first-order chi connectivity index (χ1) is 28.2. The zero-order valence-corrected chi connectivity index (χ0v) is 32.1. The van der Waals surface area contributed by atoms with Crippen LogP contribution in [0.15, 0.2) is 109 Å². The maximum absolute atomic E-state index is 13.9. The van der Waals surface area contributed by atoms with Gasteiger partial charge in [0, 0.05) is 36.1 Å². The number of amides is 5. The number of aromatic amines is 1. The van der Waals surface area contributed by atoms with Gasteiger partial charge in [-0.3, -0.25) is 19.4 Å². The average molecular weight is 785 g/mol. The lowest BCUT2D eigenvalue weighted by atomic mass is 10.0. The minimum Gasteiger partial charge on any atom is -0.453 e. The van der Waals surface area contributed by atoms with E-state index in [0.717, 1.165) is 28.9 Å². The summed E-state index contributed by atoms with van der Waals surface area (Å²) in [6.07, 6.45) is 4.67. The van der Waals surface area contributed by atoms with Crippen LogP contribution in [-0.2, 0) is 23.9 Å². The Bertz CT molecular complexity index is 2230. The molecule has 5 aromatic rings. The topological polar surface area (TPSA) is 188 Å². The molecule has 0 aliphatic carbocycles. The van der Waals surface area contributed by atoms with Gasteiger partial charge in [-0.1, -0.05) is 72.8 Å². The molecular formula is C43H44N8O7. The summed E-state index contributed by atoms with van der Waals surface area (Å²) in [5.74, 6) is -0.301. The van der Waals surface area contributed by atoms with Crippen molar-refractivity contribution in [2.45, 2.75) is 49.9 Å². The number of H-pyrrole nitrogens is 1. The molecule has 5 amide bonds. The third-order valence-electron chi connectivity index (χ3n) is 10.5. The number of aromatic nitrogens is 3. The number of nitrogens with one attached hydrogen (secondary N) is 4. The van der Waals surface area contributed by atoms with Gasteiger partial charge in [-0.2, -0.15) is 0 Å². The first kappa shape index (κ1) is 39.2. The van der Waals surface area contributed by atoms with E-state index in [-0.39, 0.29) is 23.8 Å². The molecule has 0 spiro atoms. The van der Waals surface area contributed by atoms with Crippen molar-refractivity contribution < 1.29 is 33.4 Å². The highest BCUT2D eigenvalue weighted by atomic mass is 16.5. The van der Waals surface area contributed by atoms with Crippen LogP contribution in [0.4, 0.5) is 15.3 Å². The standard InChI is InChI=1S/C43H44N8O7/c1-57-42(55)48-36(28-11-5-3-6-12-28)40(53)50-23-9-15-34(50)38-45-26-33(47-38)30-19-22-32(44-25-30)27-17-20-31(21-18-27)46-39(52)35-16-10-24-51(35)41(54)37(49-43(56)58-2)29-13-7-4-8-14-29/h3-8,11-14,17-22,25-26,34-37H,9-10,15-16,23-24H2,1-2H3,(H,45,47)(H,46,52)(H,48,55)(H,49,56)/t34-,35-,36+,37+/m0/s1. The van der Waals surface area contributed by atoms with Gasteiger partial charge >= 0.3 is 12.2 Å². The largest absolute Gasteiger partial charge is 0.453 e. The van der Waals surface area contributed by atoms with Crippen molar-refractivity contribution in [3.8, 4) is 22.5 Å². The molecule has 0 bridgehead atoms. The number of carbonyl (C=O) groups excluding carboxylic acids is 5. The first-order valence-corrected chi connectivity index (χ1v) is 19.1. The van der Waals surface area contributed by atoms with Crippen LogP contribution in [0.3, 0.4) is 0 Å². The van der Waals surface area contributed by atoms with Crippen molar-refractivity contribution in [1.82, 2.24) is 35.4 Å². The molecule has 0 unspecified atom stereocenters. The lowest BCUT2D eigenvalue weighted by molar-refractivity contribution is -0.138. The Morgan fingerprint density at radius 2 is 1.24 bits per heavy atom. The quantitative estimate of drug-likeness (QED) is 0.126. The van der Waals surface area contributed by atoms with Gasteiger partial charge in [0.2, 0.25) is 5.91 Å². The second-order valence-electron chi connectivity index (χ2n) is 14.0. The van der Waals surface area contributed by atoms with Gasteiger partial charge in [0.05, 0.1) is 37.8 Å². The van der Waals surface area contributed by atoms with Crippen molar-refractivity contribution in [1.29, 1.82) is 0 Å². The smallest absolute Gasteiger partial charge is 0.407 e. The molecule has 2 fully saturated rings. The third kappa shape index (κ3) is 8.68. The van der Waals surface area contributed by atoms with Crippen LogP contribution in [0, 0.1) is 0 Å². The highest BCUT2D eigenvalue weighted by molar-refractivity contribution is 5.99. The number of ether oxygens (including phenoxy) is 2. The summed E-state index contributed by atoms with van der Waals surface area (Å²) in [7, 11) is 2.50. The van der Waals surface area contributed by atoms with Gasteiger partial charge in [0.15, 0.2) is 0 Å². The fourth-order valence-corrected chi connectivity index (χ4v) is 7.50. The second kappa shape index (κ2) is 17.8. The number of imidazole rings is 1. The van der Waals surface area contributed by atoms with Gasteiger partial charge < -0.3 is 40.2 Å². The fraction of sp³-hybridized carbons (Fsp3) is 0.279. The van der Waals surface area contributed by atoms with Crippen molar-refractivity contribution in [2.75, 3.05) is 32.6 Å². The van der Waals surface area contributed by atoms with E-state index >= 15 is 0 Å². The number of carbonyl (C=O) groups is 5. The van der Waals surface area contributed by atoms with Gasteiger partial charge in [-0.05, 0) is 61.1 Å². The van der Waals surface area contributed by atoms with Crippen molar-refractivity contribution in [2.24, 2.45) is 0 Å². The molecule has 4 heterocycles. The Balaban J connectivity index is 0.987. The highest BCUT2D eigenvalue weighted by Gasteiger charge is 2.39. The predicted molar refractivity (Wildman–Crippen MR) is 214 cm³/mol. The van der Waals surface area contributed by atoms with E-state index in [2.05, 4.69) is 30.9 Å². The first-order valence-electron chi connectivity index (χ1n) is 19.1. The summed E-state index contributed by atoms with van der Waals surface area (Å²) in [4.78, 5) is 81.4. The number of anilines is 1. The average Bonchev–Trinajstić information content (AvgIpc) is 4.07. The third-order valence-corrected chi connectivity index (χ3v) is 10.5. The van der Waals surface area contributed by atoms with E-state index in [4.69, 9.17) is 9.47 Å². The minimum atomic E-state index is -1.000. The van der Waals surface area contributed by atoms with Gasteiger partial charge in [0.25, 0.3) is 11.8 Å². The van der Waals surface area contributed by atoms with Crippen molar-refractivity contribution in [3.05, 3.63) is 126 Å². The van der Waals surface area contributed by atoms with E-state index in [1.54, 1.807) is 65.8 Å². The van der Waals surface area contributed by atoms with Crippen LogP contribution in [-0.4, -0.2) is 88.0 Å². The molecule has 4 N–H and O–H groups in total. The van der Waals surface area contributed by atoms with Crippen LogP contribution in [0.5, 0.6) is 0 Å². The van der Waals surface area contributed by atoms with Crippen molar-refractivity contribution in [3.63, 3.8) is 0 Å². The van der Waals surface area contributed by atoms with Crippen LogP contribution in [0.1, 0.15) is 60.8 Å².